The lowest BCUT2D eigenvalue weighted by Crippen LogP contribution is -2.42. The van der Waals surface area contributed by atoms with Gasteiger partial charge in [-0.1, -0.05) is 19.9 Å². The topological polar surface area (TPSA) is 59.6 Å². The number of nitrogens with one attached hydrogen (secondary N) is 2. The van der Waals surface area contributed by atoms with Crippen molar-refractivity contribution in [1.82, 2.24) is 10.6 Å². The van der Waals surface area contributed by atoms with Crippen molar-refractivity contribution in [3.05, 3.63) is 23.8 Å². The molecule has 0 spiro atoms. The lowest BCUT2D eigenvalue weighted by Gasteiger charge is -2.29. The van der Waals surface area contributed by atoms with E-state index < -0.39 is 0 Å². The van der Waals surface area contributed by atoms with Crippen LogP contribution in [-0.4, -0.2) is 38.8 Å². The number of amides is 1. The molecule has 1 fully saturated rings. The molecule has 2 aliphatic heterocycles. The van der Waals surface area contributed by atoms with Crippen LogP contribution >= 0.6 is 0 Å². The van der Waals surface area contributed by atoms with E-state index in [0.29, 0.717) is 19.8 Å². The van der Waals surface area contributed by atoms with E-state index in [1.54, 1.807) is 0 Å². The number of ether oxygens (including phenoxy) is 2. The van der Waals surface area contributed by atoms with Gasteiger partial charge in [-0.2, -0.15) is 0 Å². The summed E-state index contributed by atoms with van der Waals surface area (Å²) in [4.78, 5) is 12.3. The summed E-state index contributed by atoms with van der Waals surface area (Å²) in [5.41, 5.74) is 0.991. The Morgan fingerprint density at radius 1 is 1.22 bits per heavy atom. The molecule has 1 amide bonds. The molecule has 2 aliphatic rings. The molecule has 5 nitrogen and oxygen atoms in total. The third-order valence-electron chi connectivity index (χ3n) is 4.74. The van der Waals surface area contributed by atoms with Gasteiger partial charge in [-0.25, -0.2) is 0 Å². The molecule has 0 aromatic heterocycles. The molecule has 0 radical (unpaired) electrons. The van der Waals surface area contributed by atoms with Gasteiger partial charge in [-0.05, 0) is 43.6 Å². The van der Waals surface area contributed by atoms with Crippen molar-refractivity contribution in [1.29, 1.82) is 0 Å². The highest BCUT2D eigenvalue weighted by Gasteiger charge is 2.26. The van der Waals surface area contributed by atoms with E-state index in [-0.39, 0.29) is 17.2 Å². The monoisotopic (exact) mass is 318 g/mol. The number of carbonyl (C=O) groups excluding carboxylic acids is 1. The lowest BCUT2D eigenvalue weighted by atomic mass is 9.84. The summed E-state index contributed by atoms with van der Waals surface area (Å²) in [6, 6.07) is 6.05. The van der Waals surface area contributed by atoms with Crippen molar-refractivity contribution in [3.63, 3.8) is 0 Å². The summed E-state index contributed by atoms with van der Waals surface area (Å²) >= 11 is 0. The highest BCUT2D eigenvalue weighted by Crippen LogP contribution is 2.35. The molecule has 0 bridgehead atoms. The molecule has 0 unspecified atom stereocenters. The highest BCUT2D eigenvalue weighted by molar-refractivity contribution is 5.78. The first-order valence-corrected chi connectivity index (χ1v) is 8.45. The van der Waals surface area contributed by atoms with E-state index >= 15 is 0 Å². The Bertz CT molecular complexity index is 565. The minimum Gasteiger partial charge on any atom is -0.486 e. The molecular weight excluding hydrogens is 292 g/mol. The zero-order valence-corrected chi connectivity index (χ0v) is 14.0. The molecule has 1 aromatic rings. The van der Waals surface area contributed by atoms with Gasteiger partial charge in [0.05, 0.1) is 0 Å². The number of benzene rings is 1. The Morgan fingerprint density at radius 3 is 2.65 bits per heavy atom. The summed E-state index contributed by atoms with van der Waals surface area (Å²) in [7, 11) is 0. The molecule has 0 aliphatic carbocycles. The van der Waals surface area contributed by atoms with Gasteiger partial charge in [0, 0.05) is 17.9 Å². The molecule has 126 valence electrons. The SMILES string of the molecule is CC(C)(CNC(=O)C1CCNCC1)c1ccc2c(c1)OCCO2. The van der Waals surface area contributed by atoms with Crippen LogP contribution in [0.2, 0.25) is 0 Å². The van der Waals surface area contributed by atoms with E-state index in [4.69, 9.17) is 9.47 Å². The number of rotatable bonds is 4. The number of hydrogen-bond acceptors (Lipinski definition) is 4. The summed E-state index contributed by atoms with van der Waals surface area (Å²) < 4.78 is 11.2. The molecule has 0 saturated carbocycles. The average Bonchev–Trinajstić information content (AvgIpc) is 2.60. The second-order valence-corrected chi connectivity index (χ2v) is 6.98. The van der Waals surface area contributed by atoms with Crippen LogP contribution in [0.25, 0.3) is 0 Å². The predicted octanol–water partition coefficient (Wildman–Crippen LogP) is 1.85. The van der Waals surface area contributed by atoms with Gasteiger partial charge in [0.25, 0.3) is 0 Å². The molecule has 1 aromatic carbocycles. The number of carbonyl (C=O) groups is 1. The number of fused-ring (bicyclic) bond motifs is 1. The summed E-state index contributed by atoms with van der Waals surface area (Å²) in [6.45, 7) is 7.95. The lowest BCUT2D eigenvalue weighted by molar-refractivity contribution is -0.125. The fourth-order valence-electron chi connectivity index (χ4n) is 3.10. The number of hydrogen-bond donors (Lipinski definition) is 2. The van der Waals surface area contributed by atoms with Crippen molar-refractivity contribution < 1.29 is 14.3 Å². The van der Waals surface area contributed by atoms with Crippen LogP contribution in [-0.2, 0) is 10.2 Å². The minimum atomic E-state index is -0.154. The predicted molar refractivity (Wildman–Crippen MR) is 89.1 cm³/mol. The fourth-order valence-corrected chi connectivity index (χ4v) is 3.10. The zero-order chi connectivity index (χ0) is 16.3. The van der Waals surface area contributed by atoms with Crippen LogP contribution in [0.1, 0.15) is 32.3 Å². The Hall–Kier alpha value is -1.75. The van der Waals surface area contributed by atoms with Crippen LogP contribution in [0.4, 0.5) is 0 Å². The maximum absolute atomic E-state index is 12.3. The summed E-state index contributed by atoms with van der Waals surface area (Å²) in [6.07, 6.45) is 1.85. The first kappa shape index (κ1) is 16.1. The molecule has 3 rings (SSSR count). The minimum absolute atomic E-state index is 0.146. The third kappa shape index (κ3) is 3.78. The third-order valence-corrected chi connectivity index (χ3v) is 4.74. The Balaban J connectivity index is 1.63. The maximum atomic E-state index is 12.3. The van der Waals surface area contributed by atoms with Crippen LogP contribution in [0.15, 0.2) is 18.2 Å². The van der Waals surface area contributed by atoms with Gasteiger partial charge >= 0.3 is 0 Å². The van der Waals surface area contributed by atoms with Crippen molar-refractivity contribution in [3.8, 4) is 11.5 Å². The quantitative estimate of drug-likeness (QED) is 0.889. The van der Waals surface area contributed by atoms with Gasteiger partial charge in [-0.3, -0.25) is 4.79 Å². The van der Waals surface area contributed by atoms with Crippen molar-refractivity contribution in [2.45, 2.75) is 32.1 Å². The van der Waals surface area contributed by atoms with E-state index in [2.05, 4.69) is 30.5 Å². The first-order valence-electron chi connectivity index (χ1n) is 8.45. The smallest absolute Gasteiger partial charge is 0.223 e. The second-order valence-electron chi connectivity index (χ2n) is 6.98. The van der Waals surface area contributed by atoms with Crippen molar-refractivity contribution >= 4 is 5.91 Å². The molecule has 23 heavy (non-hydrogen) atoms. The van der Waals surface area contributed by atoms with E-state index in [0.717, 1.165) is 43.0 Å². The highest BCUT2D eigenvalue weighted by atomic mass is 16.6. The fraction of sp³-hybridized carbons (Fsp3) is 0.611. The maximum Gasteiger partial charge on any atom is 0.223 e. The van der Waals surface area contributed by atoms with E-state index in [9.17, 15) is 4.79 Å². The van der Waals surface area contributed by atoms with Gasteiger partial charge in [0.1, 0.15) is 13.2 Å². The van der Waals surface area contributed by atoms with Crippen molar-refractivity contribution in [2.24, 2.45) is 5.92 Å². The largest absolute Gasteiger partial charge is 0.486 e. The first-order chi connectivity index (χ1) is 11.1. The van der Waals surface area contributed by atoms with Crippen LogP contribution in [0.3, 0.4) is 0 Å². The van der Waals surface area contributed by atoms with E-state index in [1.807, 2.05) is 12.1 Å². The van der Waals surface area contributed by atoms with Crippen LogP contribution < -0.4 is 20.1 Å². The molecule has 2 heterocycles. The summed E-state index contributed by atoms with van der Waals surface area (Å²) in [5.74, 6) is 1.92. The Morgan fingerprint density at radius 2 is 1.91 bits per heavy atom. The Kier molecular flexibility index (Phi) is 4.76. The second kappa shape index (κ2) is 6.79. The molecule has 1 saturated heterocycles. The van der Waals surface area contributed by atoms with Crippen LogP contribution in [0, 0.1) is 5.92 Å². The summed E-state index contributed by atoms with van der Waals surface area (Å²) in [5, 5.41) is 6.42. The van der Waals surface area contributed by atoms with Gasteiger partial charge in [-0.15, -0.1) is 0 Å². The normalized spacial score (nSPS) is 18.5. The van der Waals surface area contributed by atoms with Gasteiger partial charge in [0.2, 0.25) is 5.91 Å². The zero-order valence-electron chi connectivity index (χ0n) is 14.0. The van der Waals surface area contributed by atoms with Gasteiger partial charge in [0.15, 0.2) is 11.5 Å². The van der Waals surface area contributed by atoms with Crippen molar-refractivity contribution in [2.75, 3.05) is 32.8 Å². The molecule has 5 heteroatoms. The molecule has 0 atom stereocenters. The van der Waals surface area contributed by atoms with E-state index in [1.165, 1.54) is 0 Å². The standard InChI is InChI=1S/C18H26N2O3/c1-18(2,12-20-17(21)13-5-7-19-8-6-13)14-3-4-15-16(11-14)23-10-9-22-15/h3-4,11,13,19H,5-10,12H2,1-2H3,(H,20,21). The van der Waals surface area contributed by atoms with Gasteiger partial charge < -0.3 is 20.1 Å². The van der Waals surface area contributed by atoms with Crippen LogP contribution in [0.5, 0.6) is 11.5 Å². The Labute approximate surface area is 137 Å². The number of piperidine rings is 1. The molecule has 2 N–H and O–H groups in total. The molecular formula is C18H26N2O3. The average molecular weight is 318 g/mol.